The lowest BCUT2D eigenvalue weighted by molar-refractivity contribution is 0.0963. The van der Waals surface area contributed by atoms with Gasteiger partial charge in [0, 0.05) is 37.6 Å². The fourth-order valence-corrected chi connectivity index (χ4v) is 4.66. The number of nitrogens with one attached hydrogen (secondary N) is 2. The first kappa shape index (κ1) is 22.3. The molecule has 7 heteroatoms. The van der Waals surface area contributed by atoms with Gasteiger partial charge in [-0.3, -0.25) is 9.69 Å². The zero-order valence-electron chi connectivity index (χ0n) is 18.1. The van der Waals surface area contributed by atoms with Crippen LogP contribution in [0.5, 0.6) is 0 Å². The standard InChI is InChI=1S/C23H32N4O2S/c1-17-10-12-27(13-11-17)20(21-5-4-14-30-21)15-25-23(29)26(3)16-18-6-8-19(9-7-18)22(28)24-2/h4-9,14,17,20H,10-13,15-16H2,1-3H3,(H,24,28)(H,25,29). The molecule has 30 heavy (non-hydrogen) atoms. The highest BCUT2D eigenvalue weighted by Crippen LogP contribution is 2.29. The number of rotatable bonds is 7. The quantitative estimate of drug-likeness (QED) is 0.706. The Balaban J connectivity index is 1.56. The highest BCUT2D eigenvalue weighted by molar-refractivity contribution is 7.10. The van der Waals surface area contributed by atoms with E-state index >= 15 is 0 Å². The minimum Gasteiger partial charge on any atom is -0.355 e. The number of likely N-dealkylation sites (tertiary alicyclic amines) is 1. The van der Waals surface area contributed by atoms with Crippen LogP contribution in [0.4, 0.5) is 4.79 Å². The van der Waals surface area contributed by atoms with Gasteiger partial charge in [-0.05, 0) is 61.0 Å². The maximum Gasteiger partial charge on any atom is 0.317 e. The van der Waals surface area contributed by atoms with E-state index in [9.17, 15) is 9.59 Å². The maximum absolute atomic E-state index is 12.7. The van der Waals surface area contributed by atoms with Crippen LogP contribution < -0.4 is 10.6 Å². The lowest BCUT2D eigenvalue weighted by Gasteiger charge is -2.36. The lowest BCUT2D eigenvalue weighted by Crippen LogP contribution is -2.44. The van der Waals surface area contributed by atoms with E-state index in [1.54, 1.807) is 42.5 Å². The molecule has 1 fully saturated rings. The summed E-state index contributed by atoms with van der Waals surface area (Å²) in [6.45, 7) is 5.56. The van der Waals surface area contributed by atoms with Crippen molar-refractivity contribution >= 4 is 23.3 Å². The molecule has 1 aliphatic rings. The molecule has 1 unspecified atom stereocenters. The van der Waals surface area contributed by atoms with Gasteiger partial charge in [0.1, 0.15) is 0 Å². The van der Waals surface area contributed by atoms with Crippen LogP contribution in [0.25, 0.3) is 0 Å². The third-order valence-electron chi connectivity index (χ3n) is 5.79. The number of hydrogen-bond acceptors (Lipinski definition) is 4. The van der Waals surface area contributed by atoms with Gasteiger partial charge < -0.3 is 15.5 Å². The third-order valence-corrected chi connectivity index (χ3v) is 6.76. The summed E-state index contributed by atoms with van der Waals surface area (Å²) in [4.78, 5) is 29.9. The second-order valence-corrected chi connectivity index (χ2v) is 9.05. The number of piperidine rings is 1. The van der Waals surface area contributed by atoms with Crippen molar-refractivity contribution in [3.63, 3.8) is 0 Å². The Bertz CT molecular complexity index is 814. The van der Waals surface area contributed by atoms with Gasteiger partial charge in [-0.15, -0.1) is 11.3 Å². The summed E-state index contributed by atoms with van der Waals surface area (Å²) >= 11 is 1.75. The fourth-order valence-electron chi connectivity index (χ4n) is 3.80. The van der Waals surface area contributed by atoms with Gasteiger partial charge in [0.05, 0.1) is 6.04 Å². The van der Waals surface area contributed by atoms with Crippen LogP contribution >= 0.6 is 11.3 Å². The van der Waals surface area contributed by atoms with Crippen LogP contribution in [0.2, 0.25) is 0 Å². The molecule has 0 aliphatic carbocycles. The Hall–Kier alpha value is -2.38. The molecule has 3 rings (SSSR count). The molecule has 6 nitrogen and oxygen atoms in total. The van der Waals surface area contributed by atoms with E-state index in [-0.39, 0.29) is 18.0 Å². The lowest BCUT2D eigenvalue weighted by atomic mass is 9.97. The molecular weight excluding hydrogens is 396 g/mol. The van der Waals surface area contributed by atoms with Crippen LogP contribution in [-0.4, -0.2) is 55.5 Å². The molecule has 0 spiro atoms. The summed E-state index contributed by atoms with van der Waals surface area (Å²) in [6, 6.07) is 11.7. The van der Waals surface area contributed by atoms with E-state index in [0.29, 0.717) is 18.7 Å². The van der Waals surface area contributed by atoms with E-state index < -0.39 is 0 Å². The number of nitrogens with zero attached hydrogens (tertiary/aromatic N) is 2. The van der Waals surface area contributed by atoms with Crippen molar-refractivity contribution in [2.75, 3.05) is 33.7 Å². The predicted octanol–water partition coefficient (Wildman–Crippen LogP) is 3.72. The summed E-state index contributed by atoms with van der Waals surface area (Å²) in [7, 11) is 3.41. The molecule has 2 heterocycles. The first-order chi connectivity index (χ1) is 14.5. The number of benzene rings is 1. The molecule has 1 atom stereocenters. The zero-order valence-corrected chi connectivity index (χ0v) is 18.9. The van der Waals surface area contributed by atoms with Crippen LogP contribution in [0.3, 0.4) is 0 Å². The largest absolute Gasteiger partial charge is 0.355 e. The Morgan fingerprint density at radius 1 is 1.20 bits per heavy atom. The second-order valence-electron chi connectivity index (χ2n) is 8.07. The van der Waals surface area contributed by atoms with Crippen molar-refractivity contribution in [3.8, 4) is 0 Å². The summed E-state index contributed by atoms with van der Waals surface area (Å²) in [6.07, 6.45) is 2.42. The van der Waals surface area contributed by atoms with Gasteiger partial charge in [0.15, 0.2) is 0 Å². The van der Waals surface area contributed by atoms with Crippen LogP contribution in [0, 0.1) is 5.92 Å². The number of carbonyl (C=O) groups excluding carboxylic acids is 2. The van der Waals surface area contributed by atoms with E-state index in [2.05, 4.69) is 40.0 Å². The highest BCUT2D eigenvalue weighted by Gasteiger charge is 2.26. The fraction of sp³-hybridized carbons (Fsp3) is 0.478. The number of thiophene rings is 1. The first-order valence-corrected chi connectivity index (χ1v) is 11.4. The number of amides is 3. The van der Waals surface area contributed by atoms with E-state index in [1.165, 1.54) is 17.7 Å². The Morgan fingerprint density at radius 3 is 2.50 bits per heavy atom. The Morgan fingerprint density at radius 2 is 1.90 bits per heavy atom. The molecule has 0 radical (unpaired) electrons. The average molecular weight is 429 g/mol. The van der Waals surface area contributed by atoms with E-state index in [1.807, 2.05) is 12.1 Å². The molecule has 1 aromatic carbocycles. The minimum atomic E-state index is -0.112. The van der Waals surface area contributed by atoms with Crippen LogP contribution in [0.15, 0.2) is 41.8 Å². The van der Waals surface area contributed by atoms with E-state index in [0.717, 1.165) is 24.6 Å². The molecule has 1 aromatic heterocycles. The van der Waals surface area contributed by atoms with Gasteiger partial charge in [0.2, 0.25) is 0 Å². The summed E-state index contributed by atoms with van der Waals surface area (Å²) in [5, 5.41) is 7.84. The van der Waals surface area contributed by atoms with Crippen molar-refractivity contribution in [1.29, 1.82) is 0 Å². The first-order valence-electron chi connectivity index (χ1n) is 10.6. The summed E-state index contributed by atoms with van der Waals surface area (Å²) in [5.41, 5.74) is 1.60. The SMILES string of the molecule is CNC(=O)c1ccc(CN(C)C(=O)NCC(c2cccs2)N2CCC(C)CC2)cc1. The minimum absolute atomic E-state index is 0.0858. The Labute approximate surface area is 183 Å². The molecule has 0 bridgehead atoms. The topological polar surface area (TPSA) is 64.7 Å². The summed E-state index contributed by atoms with van der Waals surface area (Å²) < 4.78 is 0. The van der Waals surface area contributed by atoms with Gasteiger partial charge in [-0.25, -0.2) is 4.79 Å². The molecule has 2 N–H and O–H groups in total. The highest BCUT2D eigenvalue weighted by atomic mass is 32.1. The van der Waals surface area contributed by atoms with Crippen molar-refractivity contribution in [2.24, 2.45) is 5.92 Å². The molecule has 1 saturated heterocycles. The van der Waals surface area contributed by atoms with Crippen molar-refractivity contribution < 1.29 is 9.59 Å². The molecule has 0 saturated carbocycles. The number of hydrogen-bond donors (Lipinski definition) is 2. The number of urea groups is 1. The van der Waals surface area contributed by atoms with Crippen LogP contribution in [-0.2, 0) is 6.54 Å². The maximum atomic E-state index is 12.7. The molecule has 2 aromatic rings. The van der Waals surface area contributed by atoms with Crippen LogP contribution in [0.1, 0.15) is 46.6 Å². The smallest absolute Gasteiger partial charge is 0.317 e. The molecule has 1 aliphatic heterocycles. The van der Waals surface area contributed by atoms with Gasteiger partial charge >= 0.3 is 6.03 Å². The second kappa shape index (κ2) is 10.6. The average Bonchev–Trinajstić information content (AvgIpc) is 3.29. The molecule has 3 amide bonds. The van der Waals surface area contributed by atoms with E-state index in [4.69, 9.17) is 0 Å². The van der Waals surface area contributed by atoms with Gasteiger partial charge in [-0.2, -0.15) is 0 Å². The zero-order chi connectivity index (χ0) is 21.5. The number of carbonyl (C=O) groups is 2. The monoisotopic (exact) mass is 428 g/mol. The third kappa shape index (κ3) is 5.83. The van der Waals surface area contributed by atoms with Crippen molar-refractivity contribution in [1.82, 2.24) is 20.4 Å². The van der Waals surface area contributed by atoms with Gasteiger partial charge in [0.25, 0.3) is 5.91 Å². The molecule has 162 valence electrons. The van der Waals surface area contributed by atoms with Crippen molar-refractivity contribution in [2.45, 2.75) is 32.4 Å². The predicted molar refractivity (Wildman–Crippen MR) is 122 cm³/mol. The van der Waals surface area contributed by atoms with Crippen molar-refractivity contribution in [3.05, 3.63) is 57.8 Å². The van der Waals surface area contributed by atoms with Gasteiger partial charge in [-0.1, -0.05) is 25.1 Å². The normalized spacial score (nSPS) is 16.1. The summed E-state index contributed by atoms with van der Waals surface area (Å²) in [5.74, 6) is 0.667. The molecular formula is C23H32N4O2S. The Kier molecular flexibility index (Phi) is 7.87.